The van der Waals surface area contributed by atoms with Crippen molar-refractivity contribution in [1.82, 2.24) is 14.8 Å². The Bertz CT molecular complexity index is 654. The van der Waals surface area contributed by atoms with Crippen LogP contribution in [0.25, 0.3) is 0 Å². The zero-order valence-corrected chi connectivity index (χ0v) is 15.2. The van der Waals surface area contributed by atoms with E-state index in [1.165, 1.54) is 11.1 Å². The van der Waals surface area contributed by atoms with Gasteiger partial charge in [0.25, 0.3) is 0 Å². The van der Waals surface area contributed by atoms with Gasteiger partial charge in [0.2, 0.25) is 5.91 Å². The molecule has 0 radical (unpaired) electrons. The molecule has 0 bridgehead atoms. The Balaban J connectivity index is 1.48. The number of anilines is 1. The number of halogens is 1. The first-order valence-electron chi connectivity index (χ1n) is 8.03. The molecule has 1 aliphatic rings. The molecule has 0 aliphatic carbocycles. The standard InChI is InChI=1S/C17H21ClN4OS/c1-13(17(23)20-16-5-4-14(18)11-19-16)22-8-6-21(7-9-22)12-15-3-2-10-24-15/h2-5,10-11,13H,6-9,12H2,1H3,(H,19,20,23)/t13-/m1/s1. The zero-order chi connectivity index (χ0) is 16.9. The second-order valence-electron chi connectivity index (χ2n) is 5.92. The van der Waals surface area contributed by atoms with Crippen LogP contribution in [0.1, 0.15) is 11.8 Å². The molecule has 2 aromatic heterocycles. The highest BCUT2D eigenvalue weighted by atomic mass is 35.5. The van der Waals surface area contributed by atoms with Crippen LogP contribution in [0.3, 0.4) is 0 Å². The molecular weight excluding hydrogens is 344 g/mol. The number of amides is 1. The van der Waals surface area contributed by atoms with Crippen LogP contribution in [-0.2, 0) is 11.3 Å². The largest absolute Gasteiger partial charge is 0.309 e. The maximum Gasteiger partial charge on any atom is 0.242 e. The number of carbonyl (C=O) groups is 1. The number of nitrogens with one attached hydrogen (secondary N) is 1. The first-order valence-corrected chi connectivity index (χ1v) is 9.29. The Morgan fingerprint density at radius 1 is 1.33 bits per heavy atom. The van der Waals surface area contributed by atoms with E-state index in [-0.39, 0.29) is 11.9 Å². The number of hydrogen-bond donors (Lipinski definition) is 1. The third-order valence-electron chi connectivity index (χ3n) is 4.27. The van der Waals surface area contributed by atoms with Gasteiger partial charge in [0.15, 0.2) is 0 Å². The van der Waals surface area contributed by atoms with E-state index in [2.05, 4.69) is 37.6 Å². The van der Waals surface area contributed by atoms with Gasteiger partial charge in [0.05, 0.1) is 11.1 Å². The molecule has 5 nitrogen and oxygen atoms in total. The van der Waals surface area contributed by atoms with Gasteiger partial charge in [-0.15, -0.1) is 11.3 Å². The molecule has 0 unspecified atom stereocenters. The maximum atomic E-state index is 12.4. The fourth-order valence-electron chi connectivity index (χ4n) is 2.78. The highest BCUT2D eigenvalue weighted by molar-refractivity contribution is 7.09. The van der Waals surface area contributed by atoms with Crippen LogP contribution in [0.15, 0.2) is 35.8 Å². The molecule has 3 rings (SSSR count). The molecule has 1 aliphatic heterocycles. The molecule has 7 heteroatoms. The van der Waals surface area contributed by atoms with E-state index in [1.54, 1.807) is 23.5 Å². The normalized spacial score (nSPS) is 17.6. The number of rotatable bonds is 5. The van der Waals surface area contributed by atoms with Crippen LogP contribution in [0.5, 0.6) is 0 Å². The Morgan fingerprint density at radius 2 is 2.12 bits per heavy atom. The summed E-state index contributed by atoms with van der Waals surface area (Å²) in [6.07, 6.45) is 1.53. The summed E-state index contributed by atoms with van der Waals surface area (Å²) in [7, 11) is 0. The van der Waals surface area contributed by atoms with E-state index >= 15 is 0 Å². The average Bonchev–Trinajstić information content (AvgIpc) is 3.10. The average molecular weight is 365 g/mol. The van der Waals surface area contributed by atoms with Gasteiger partial charge < -0.3 is 5.32 Å². The molecule has 1 fully saturated rings. The van der Waals surface area contributed by atoms with Gasteiger partial charge in [0.1, 0.15) is 5.82 Å². The predicted octanol–water partition coefficient (Wildman–Crippen LogP) is 2.94. The van der Waals surface area contributed by atoms with Crippen molar-refractivity contribution in [3.05, 3.63) is 45.7 Å². The smallest absolute Gasteiger partial charge is 0.242 e. The lowest BCUT2D eigenvalue weighted by molar-refractivity contribution is -0.121. The fourth-order valence-corrected chi connectivity index (χ4v) is 3.64. The van der Waals surface area contributed by atoms with Crippen molar-refractivity contribution in [2.75, 3.05) is 31.5 Å². The number of thiophene rings is 1. The number of nitrogens with zero attached hydrogens (tertiary/aromatic N) is 3. The van der Waals surface area contributed by atoms with Crippen LogP contribution in [0.2, 0.25) is 5.02 Å². The van der Waals surface area contributed by atoms with E-state index in [9.17, 15) is 4.79 Å². The van der Waals surface area contributed by atoms with Crippen LogP contribution in [0, 0.1) is 0 Å². The van der Waals surface area contributed by atoms with Crippen LogP contribution >= 0.6 is 22.9 Å². The fraction of sp³-hybridized carbons (Fsp3) is 0.412. The monoisotopic (exact) mass is 364 g/mol. The topological polar surface area (TPSA) is 48.5 Å². The number of aromatic nitrogens is 1. The minimum atomic E-state index is -0.175. The second-order valence-corrected chi connectivity index (χ2v) is 7.39. The highest BCUT2D eigenvalue weighted by Gasteiger charge is 2.25. The molecule has 2 aromatic rings. The molecule has 3 heterocycles. The van der Waals surface area contributed by atoms with Gasteiger partial charge in [-0.2, -0.15) is 0 Å². The van der Waals surface area contributed by atoms with Crippen molar-refractivity contribution < 1.29 is 4.79 Å². The molecule has 0 aromatic carbocycles. The number of carbonyl (C=O) groups excluding carboxylic acids is 1. The van der Waals surface area contributed by atoms with Crippen molar-refractivity contribution >= 4 is 34.7 Å². The van der Waals surface area contributed by atoms with E-state index in [0.29, 0.717) is 10.8 Å². The summed E-state index contributed by atoms with van der Waals surface area (Å²) in [5.41, 5.74) is 0. The second kappa shape index (κ2) is 8.07. The van der Waals surface area contributed by atoms with Crippen molar-refractivity contribution in [2.24, 2.45) is 0 Å². The number of piperazine rings is 1. The van der Waals surface area contributed by atoms with Gasteiger partial charge in [-0.25, -0.2) is 4.98 Å². The summed E-state index contributed by atoms with van der Waals surface area (Å²) >= 11 is 7.60. The molecule has 128 valence electrons. The Kier molecular flexibility index (Phi) is 5.84. The van der Waals surface area contributed by atoms with Crippen LogP contribution in [0.4, 0.5) is 5.82 Å². The van der Waals surface area contributed by atoms with Gasteiger partial charge >= 0.3 is 0 Å². The summed E-state index contributed by atoms with van der Waals surface area (Å²) in [6, 6.07) is 7.52. The highest BCUT2D eigenvalue weighted by Crippen LogP contribution is 2.15. The first-order chi connectivity index (χ1) is 11.6. The minimum absolute atomic E-state index is 0.0310. The van der Waals surface area contributed by atoms with Crippen LogP contribution in [-0.4, -0.2) is 52.9 Å². The molecule has 24 heavy (non-hydrogen) atoms. The van der Waals surface area contributed by atoms with Gasteiger partial charge in [0, 0.05) is 43.8 Å². The molecule has 1 saturated heterocycles. The quantitative estimate of drug-likeness (QED) is 0.886. The number of hydrogen-bond acceptors (Lipinski definition) is 5. The summed E-state index contributed by atoms with van der Waals surface area (Å²) in [6.45, 7) is 6.70. The lowest BCUT2D eigenvalue weighted by Gasteiger charge is -2.37. The van der Waals surface area contributed by atoms with Gasteiger partial charge in [-0.05, 0) is 30.5 Å². The van der Waals surface area contributed by atoms with Crippen LogP contribution < -0.4 is 5.32 Å². The lowest BCUT2D eigenvalue weighted by atomic mass is 10.2. The summed E-state index contributed by atoms with van der Waals surface area (Å²) in [5, 5.41) is 5.52. The summed E-state index contributed by atoms with van der Waals surface area (Å²) < 4.78 is 0. The summed E-state index contributed by atoms with van der Waals surface area (Å²) in [4.78, 5) is 22.6. The van der Waals surface area contributed by atoms with Crippen molar-refractivity contribution in [3.63, 3.8) is 0 Å². The molecule has 0 saturated carbocycles. The number of pyridine rings is 1. The van der Waals surface area contributed by atoms with Crippen molar-refractivity contribution in [3.8, 4) is 0 Å². The third-order valence-corrected chi connectivity index (χ3v) is 5.36. The Labute approximate surface area is 151 Å². The molecule has 1 amide bonds. The molecule has 1 N–H and O–H groups in total. The van der Waals surface area contributed by atoms with Crippen molar-refractivity contribution in [2.45, 2.75) is 19.5 Å². The molecule has 0 spiro atoms. The van der Waals surface area contributed by atoms with E-state index < -0.39 is 0 Å². The SMILES string of the molecule is C[C@H](C(=O)Nc1ccc(Cl)cn1)N1CCN(Cc2cccs2)CC1. The van der Waals surface area contributed by atoms with Gasteiger partial charge in [-0.1, -0.05) is 17.7 Å². The van der Waals surface area contributed by atoms with E-state index in [1.807, 2.05) is 6.92 Å². The lowest BCUT2D eigenvalue weighted by Crippen LogP contribution is -2.52. The van der Waals surface area contributed by atoms with E-state index in [0.717, 1.165) is 32.7 Å². The Morgan fingerprint density at radius 3 is 2.75 bits per heavy atom. The zero-order valence-electron chi connectivity index (χ0n) is 13.6. The predicted molar refractivity (Wildman–Crippen MR) is 98.5 cm³/mol. The minimum Gasteiger partial charge on any atom is -0.309 e. The maximum absolute atomic E-state index is 12.4. The van der Waals surface area contributed by atoms with Gasteiger partial charge in [-0.3, -0.25) is 14.6 Å². The third kappa shape index (κ3) is 4.54. The van der Waals surface area contributed by atoms with E-state index in [4.69, 9.17) is 11.6 Å². The molecule has 1 atom stereocenters. The Hall–Kier alpha value is -1.47. The molecular formula is C17H21ClN4OS. The first kappa shape index (κ1) is 17.4. The summed E-state index contributed by atoms with van der Waals surface area (Å²) in [5.74, 6) is 0.504. The van der Waals surface area contributed by atoms with Crippen molar-refractivity contribution in [1.29, 1.82) is 0 Å².